The van der Waals surface area contributed by atoms with Crippen molar-refractivity contribution in [2.75, 3.05) is 36.8 Å². The van der Waals surface area contributed by atoms with Crippen LogP contribution in [-0.2, 0) is 0 Å². The molecule has 2 heterocycles. The first-order chi connectivity index (χ1) is 6.86. The van der Waals surface area contributed by atoms with E-state index in [0.717, 1.165) is 38.5 Å². The van der Waals surface area contributed by atoms with Gasteiger partial charge in [-0.1, -0.05) is 0 Å². The number of nitrogen functional groups attached to an aromatic ring is 1. The monoisotopic (exact) mass is 193 g/mol. The lowest BCUT2D eigenvalue weighted by molar-refractivity contribution is 0.724. The van der Waals surface area contributed by atoms with Gasteiger partial charge in [0, 0.05) is 25.8 Å². The summed E-state index contributed by atoms with van der Waals surface area (Å²) in [5.41, 5.74) is 5.61. The van der Waals surface area contributed by atoms with Crippen LogP contribution in [-0.4, -0.2) is 36.1 Å². The number of nitrogens with zero attached hydrogens (tertiary/aromatic N) is 3. The maximum absolute atomic E-state index is 5.61. The van der Waals surface area contributed by atoms with E-state index in [1.165, 1.54) is 0 Å². The van der Waals surface area contributed by atoms with Crippen molar-refractivity contribution in [1.29, 1.82) is 0 Å². The van der Waals surface area contributed by atoms with Gasteiger partial charge in [0.05, 0.1) is 0 Å². The second kappa shape index (κ2) is 4.23. The topological polar surface area (TPSA) is 67.1 Å². The first-order valence-corrected chi connectivity index (χ1v) is 4.90. The molecule has 1 aliphatic heterocycles. The summed E-state index contributed by atoms with van der Waals surface area (Å²) in [6.45, 7) is 4.00. The summed E-state index contributed by atoms with van der Waals surface area (Å²) in [7, 11) is 0. The van der Waals surface area contributed by atoms with Gasteiger partial charge in [-0.25, -0.2) is 4.98 Å². The van der Waals surface area contributed by atoms with E-state index in [9.17, 15) is 0 Å². The second-order valence-electron chi connectivity index (χ2n) is 3.37. The van der Waals surface area contributed by atoms with Crippen LogP contribution in [0.1, 0.15) is 6.42 Å². The number of hydrogen-bond donors (Lipinski definition) is 2. The van der Waals surface area contributed by atoms with E-state index in [-0.39, 0.29) is 0 Å². The highest BCUT2D eigenvalue weighted by molar-refractivity contribution is 5.37. The standard InChI is InChI=1S/C9H15N5/c10-8-2-4-12-9(13-8)14-6-1-3-11-5-7-14/h2,4,11H,1,3,5-7H2,(H2,10,12,13). The summed E-state index contributed by atoms with van der Waals surface area (Å²) in [5, 5.41) is 3.33. The zero-order chi connectivity index (χ0) is 9.80. The molecule has 1 saturated heterocycles. The lowest BCUT2D eigenvalue weighted by Crippen LogP contribution is -2.29. The van der Waals surface area contributed by atoms with Crippen LogP contribution in [0.5, 0.6) is 0 Å². The molecule has 1 aromatic heterocycles. The molecule has 0 atom stereocenters. The Balaban J connectivity index is 2.12. The van der Waals surface area contributed by atoms with Gasteiger partial charge in [-0.05, 0) is 19.0 Å². The Morgan fingerprint density at radius 3 is 3.14 bits per heavy atom. The fourth-order valence-electron chi connectivity index (χ4n) is 1.56. The summed E-state index contributed by atoms with van der Waals surface area (Å²) in [6, 6.07) is 1.71. The van der Waals surface area contributed by atoms with E-state index in [2.05, 4.69) is 20.2 Å². The molecule has 76 valence electrons. The number of hydrogen-bond acceptors (Lipinski definition) is 5. The van der Waals surface area contributed by atoms with E-state index < -0.39 is 0 Å². The highest BCUT2D eigenvalue weighted by atomic mass is 15.3. The molecule has 0 aliphatic carbocycles. The van der Waals surface area contributed by atoms with Crippen molar-refractivity contribution in [3.63, 3.8) is 0 Å². The number of aromatic nitrogens is 2. The Morgan fingerprint density at radius 2 is 2.29 bits per heavy atom. The lowest BCUT2D eigenvalue weighted by Gasteiger charge is -2.19. The van der Waals surface area contributed by atoms with Crippen molar-refractivity contribution in [1.82, 2.24) is 15.3 Å². The Morgan fingerprint density at radius 1 is 1.36 bits per heavy atom. The van der Waals surface area contributed by atoms with Gasteiger partial charge in [-0.3, -0.25) is 0 Å². The molecular formula is C9H15N5. The number of rotatable bonds is 1. The molecule has 0 saturated carbocycles. The van der Waals surface area contributed by atoms with Crippen molar-refractivity contribution >= 4 is 11.8 Å². The highest BCUT2D eigenvalue weighted by Gasteiger charge is 2.11. The first-order valence-electron chi connectivity index (χ1n) is 4.90. The molecule has 1 aromatic rings. The molecule has 0 aromatic carbocycles. The minimum atomic E-state index is 0.534. The van der Waals surface area contributed by atoms with Crippen molar-refractivity contribution < 1.29 is 0 Å². The van der Waals surface area contributed by atoms with Crippen LogP contribution >= 0.6 is 0 Å². The van der Waals surface area contributed by atoms with E-state index in [1.807, 2.05) is 0 Å². The van der Waals surface area contributed by atoms with E-state index in [1.54, 1.807) is 12.3 Å². The second-order valence-corrected chi connectivity index (χ2v) is 3.37. The molecule has 0 unspecified atom stereocenters. The highest BCUT2D eigenvalue weighted by Crippen LogP contribution is 2.09. The summed E-state index contributed by atoms with van der Waals surface area (Å²) in [6.07, 6.45) is 2.83. The average molecular weight is 193 g/mol. The zero-order valence-electron chi connectivity index (χ0n) is 8.11. The van der Waals surface area contributed by atoms with Crippen LogP contribution in [0.3, 0.4) is 0 Å². The Labute approximate surface area is 83.3 Å². The summed E-state index contributed by atoms with van der Waals surface area (Å²) in [5.74, 6) is 1.28. The van der Waals surface area contributed by atoms with Gasteiger partial charge in [0.2, 0.25) is 5.95 Å². The number of nitrogens with two attached hydrogens (primary N) is 1. The zero-order valence-corrected chi connectivity index (χ0v) is 8.11. The van der Waals surface area contributed by atoms with E-state index in [4.69, 9.17) is 5.73 Å². The molecule has 1 aliphatic rings. The van der Waals surface area contributed by atoms with Gasteiger partial charge in [0.25, 0.3) is 0 Å². The molecule has 0 spiro atoms. The van der Waals surface area contributed by atoms with Crippen molar-refractivity contribution in [2.24, 2.45) is 0 Å². The minimum absolute atomic E-state index is 0.534. The van der Waals surface area contributed by atoms with Gasteiger partial charge in [-0.15, -0.1) is 0 Å². The predicted molar refractivity (Wildman–Crippen MR) is 56.1 cm³/mol. The maximum Gasteiger partial charge on any atom is 0.227 e. The molecule has 1 fully saturated rings. The Bertz CT molecular complexity index is 293. The smallest absolute Gasteiger partial charge is 0.227 e. The van der Waals surface area contributed by atoms with Crippen LogP contribution in [0.15, 0.2) is 12.3 Å². The Hall–Kier alpha value is -1.36. The van der Waals surface area contributed by atoms with Crippen LogP contribution in [0, 0.1) is 0 Å². The summed E-state index contributed by atoms with van der Waals surface area (Å²) in [4.78, 5) is 10.6. The van der Waals surface area contributed by atoms with E-state index in [0.29, 0.717) is 5.82 Å². The van der Waals surface area contributed by atoms with Gasteiger partial charge < -0.3 is 16.0 Å². The SMILES string of the molecule is Nc1ccnc(N2CCCNCC2)n1. The molecule has 5 heteroatoms. The average Bonchev–Trinajstić information content (AvgIpc) is 2.45. The number of nitrogens with one attached hydrogen (secondary N) is 1. The van der Waals surface area contributed by atoms with Crippen molar-refractivity contribution in [2.45, 2.75) is 6.42 Å². The quantitative estimate of drug-likeness (QED) is 0.649. The number of anilines is 2. The molecule has 3 N–H and O–H groups in total. The van der Waals surface area contributed by atoms with Gasteiger partial charge >= 0.3 is 0 Å². The molecule has 0 amide bonds. The Kier molecular flexibility index (Phi) is 2.78. The van der Waals surface area contributed by atoms with Crippen LogP contribution in [0.25, 0.3) is 0 Å². The normalized spacial score (nSPS) is 17.9. The molecule has 2 rings (SSSR count). The first kappa shape index (κ1) is 9.21. The van der Waals surface area contributed by atoms with Crippen molar-refractivity contribution in [3.8, 4) is 0 Å². The van der Waals surface area contributed by atoms with E-state index >= 15 is 0 Å². The lowest BCUT2D eigenvalue weighted by atomic mass is 10.4. The van der Waals surface area contributed by atoms with Gasteiger partial charge in [0.15, 0.2) is 0 Å². The van der Waals surface area contributed by atoms with Crippen LogP contribution in [0.2, 0.25) is 0 Å². The van der Waals surface area contributed by atoms with Gasteiger partial charge in [0.1, 0.15) is 5.82 Å². The largest absolute Gasteiger partial charge is 0.384 e. The predicted octanol–water partition coefficient (Wildman–Crippen LogP) is -0.142. The van der Waals surface area contributed by atoms with Gasteiger partial charge in [-0.2, -0.15) is 4.98 Å². The maximum atomic E-state index is 5.61. The summed E-state index contributed by atoms with van der Waals surface area (Å²) >= 11 is 0. The van der Waals surface area contributed by atoms with Crippen LogP contribution < -0.4 is 16.0 Å². The fourth-order valence-corrected chi connectivity index (χ4v) is 1.56. The minimum Gasteiger partial charge on any atom is -0.384 e. The molecule has 5 nitrogen and oxygen atoms in total. The molecule has 0 bridgehead atoms. The van der Waals surface area contributed by atoms with Crippen molar-refractivity contribution in [3.05, 3.63) is 12.3 Å². The van der Waals surface area contributed by atoms with Crippen LogP contribution in [0.4, 0.5) is 11.8 Å². The third kappa shape index (κ3) is 2.11. The molecule has 0 radical (unpaired) electrons. The molecular weight excluding hydrogens is 178 g/mol. The fraction of sp³-hybridized carbons (Fsp3) is 0.556. The summed E-state index contributed by atoms with van der Waals surface area (Å²) < 4.78 is 0. The molecule has 14 heavy (non-hydrogen) atoms. The third-order valence-corrected chi connectivity index (χ3v) is 2.29. The third-order valence-electron chi connectivity index (χ3n) is 2.29.